The smallest absolute Gasteiger partial charge is 0.472 e. The number of fused-ring (bicyclic) bond motifs is 1. The summed E-state index contributed by atoms with van der Waals surface area (Å²) in [4.78, 5) is 99.4. The molecule has 52 heavy (non-hydrogen) atoms. The van der Waals surface area contributed by atoms with Gasteiger partial charge < -0.3 is 56.2 Å². The van der Waals surface area contributed by atoms with Crippen LogP contribution in [0.15, 0.2) is 47.3 Å². The second-order valence-corrected chi connectivity index (χ2v) is 13.4. The maximum atomic E-state index is 13.6. The van der Waals surface area contributed by atoms with Crippen LogP contribution in [-0.2, 0) is 39.5 Å². The van der Waals surface area contributed by atoms with E-state index in [1.165, 1.54) is 41.3 Å². The molecule has 1 fully saturated rings. The van der Waals surface area contributed by atoms with Gasteiger partial charge in [-0.25, -0.2) is 14.3 Å². The van der Waals surface area contributed by atoms with Crippen LogP contribution in [0.4, 0.5) is 11.6 Å². The predicted molar refractivity (Wildman–Crippen MR) is 179 cm³/mol. The molecular weight excluding hydrogens is 735 g/mol. The molecular formula is C29H33N6O15PS. The number of rotatable bonds is 16. The SMILES string of the molecule is Nc1nc2ccc(CN(C(=O)CSCC(=O)NC3OC(OP(=O)(O)O)C(O)C3O)c3ccc(C(=O)NC(CCC(=O)O)C(=O)O)cc3)cc2c(=O)[nH]1. The van der Waals surface area contributed by atoms with Crippen molar-refractivity contribution >= 4 is 71.8 Å². The summed E-state index contributed by atoms with van der Waals surface area (Å²) in [6.07, 6.45) is -8.07. The van der Waals surface area contributed by atoms with Crippen LogP contribution < -0.4 is 26.8 Å². The van der Waals surface area contributed by atoms with Crippen molar-refractivity contribution in [2.24, 2.45) is 0 Å². The van der Waals surface area contributed by atoms with Crippen molar-refractivity contribution in [3.63, 3.8) is 0 Å². The number of aromatic nitrogens is 2. The van der Waals surface area contributed by atoms with Gasteiger partial charge in [0.1, 0.15) is 18.2 Å². The number of aliphatic hydroxyl groups is 2. The number of nitrogens with zero attached hydrogens (tertiary/aromatic N) is 2. The molecule has 4 rings (SSSR count). The van der Waals surface area contributed by atoms with E-state index in [-0.39, 0.29) is 47.1 Å². The number of nitrogens with two attached hydrogens (primary N) is 1. The van der Waals surface area contributed by atoms with Crippen LogP contribution >= 0.6 is 19.6 Å². The summed E-state index contributed by atoms with van der Waals surface area (Å²) in [6.45, 7) is -0.117. The first-order valence-electron chi connectivity index (χ1n) is 15.0. The summed E-state index contributed by atoms with van der Waals surface area (Å²) in [5.74, 6) is -5.60. The van der Waals surface area contributed by atoms with E-state index in [0.29, 0.717) is 11.1 Å². The zero-order chi connectivity index (χ0) is 38.3. The number of aliphatic hydroxyl groups excluding tert-OH is 2. The number of carbonyl (C=O) groups is 5. The van der Waals surface area contributed by atoms with Gasteiger partial charge in [0.2, 0.25) is 17.8 Å². The Kier molecular flexibility index (Phi) is 13.1. The fourth-order valence-corrected chi connectivity index (χ4v) is 6.01. The van der Waals surface area contributed by atoms with Gasteiger partial charge in [0.15, 0.2) is 12.5 Å². The first kappa shape index (κ1) is 39.8. The molecule has 11 N–H and O–H groups in total. The van der Waals surface area contributed by atoms with E-state index in [0.717, 1.165) is 11.8 Å². The van der Waals surface area contributed by atoms with Crippen molar-refractivity contribution in [3.05, 3.63) is 63.9 Å². The zero-order valence-electron chi connectivity index (χ0n) is 26.6. The van der Waals surface area contributed by atoms with Gasteiger partial charge in [-0.3, -0.25) is 33.5 Å². The molecule has 0 aliphatic carbocycles. The zero-order valence-corrected chi connectivity index (χ0v) is 28.4. The molecule has 2 aromatic carbocycles. The van der Waals surface area contributed by atoms with E-state index in [4.69, 9.17) is 25.4 Å². The number of thioether (sulfide) groups is 1. The average molecular weight is 769 g/mol. The first-order valence-corrected chi connectivity index (χ1v) is 17.7. The maximum Gasteiger partial charge on any atom is 0.472 e. The Balaban J connectivity index is 1.48. The van der Waals surface area contributed by atoms with Crippen LogP contribution in [0.5, 0.6) is 0 Å². The number of aromatic amines is 1. The lowest BCUT2D eigenvalue weighted by Gasteiger charge is -2.24. The summed E-state index contributed by atoms with van der Waals surface area (Å²) in [5.41, 5.74) is 6.12. The number of phosphoric acid groups is 1. The molecule has 1 saturated heterocycles. The molecule has 5 unspecified atom stereocenters. The minimum Gasteiger partial charge on any atom is -0.481 e. The topological polar surface area (TPSA) is 341 Å². The number of nitrogens with one attached hydrogen (secondary N) is 3. The Morgan fingerprint density at radius 1 is 1.06 bits per heavy atom. The number of carbonyl (C=O) groups excluding carboxylic acids is 3. The largest absolute Gasteiger partial charge is 0.481 e. The molecule has 280 valence electrons. The minimum atomic E-state index is -5.11. The lowest BCUT2D eigenvalue weighted by atomic mass is 10.1. The number of hydrogen-bond acceptors (Lipinski definition) is 14. The maximum absolute atomic E-state index is 13.6. The van der Waals surface area contributed by atoms with Gasteiger partial charge in [-0.2, -0.15) is 0 Å². The number of hydrogen-bond donors (Lipinski definition) is 10. The van der Waals surface area contributed by atoms with Gasteiger partial charge in [0.05, 0.1) is 29.0 Å². The van der Waals surface area contributed by atoms with Crippen LogP contribution in [0.25, 0.3) is 10.9 Å². The highest BCUT2D eigenvalue weighted by Gasteiger charge is 2.46. The predicted octanol–water partition coefficient (Wildman–Crippen LogP) is -1.55. The van der Waals surface area contributed by atoms with Crippen molar-refractivity contribution in [1.82, 2.24) is 20.6 Å². The normalized spacial score (nSPS) is 19.2. The van der Waals surface area contributed by atoms with Crippen LogP contribution in [0.3, 0.4) is 0 Å². The Morgan fingerprint density at radius 3 is 2.38 bits per heavy atom. The third-order valence-corrected chi connectivity index (χ3v) is 8.74. The van der Waals surface area contributed by atoms with E-state index in [1.54, 1.807) is 6.07 Å². The van der Waals surface area contributed by atoms with Crippen LogP contribution in [0, 0.1) is 0 Å². The number of H-pyrrole nitrogens is 1. The van der Waals surface area contributed by atoms with Crippen molar-refractivity contribution in [2.45, 2.75) is 50.2 Å². The molecule has 1 aliphatic heterocycles. The molecule has 0 spiro atoms. The molecule has 2 heterocycles. The highest BCUT2D eigenvalue weighted by Crippen LogP contribution is 2.40. The highest BCUT2D eigenvalue weighted by molar-refractivity contribution is 8.00. The van der Waals surface area contributed by atoms with Crippen LogP contribution in [0.1, 0.15) is 28.8 Å². The number of nitrogen functional groups attached to an aromatic ring is 1. The number of ether oxygens (including phenoxy) is 1. The Labute approximate surface area is 296 Å². The first-order chi connectivity index (χ1) is 24.4. The van der Waals surface area contributed by atoms with Crippen molar-refractivity contribution in [2.75, 3.05) is 22.1 Å². The van der Waals surface area contributed by atoms with Crippen LogP contribution in [0.2, 0.25) is 0 Å². The van der Waals surface area contributed by atoms with Gasteiger partial charge in [0.25, 0.3) is 11.5 Å². The summed E-state index contributed by atoms with van der Waals surface area (Å²) in [7, 11) is -5.11. The number of carboxylic acid groups (broad SMARTS) is 2. The van der Waals surface area contributed by atoms with E-state index in [1.807, 2.05) is 0 Å². The standard InChI is InChI=1S/C29H33N6O15PS/c30-29-32-17-6-1-13(9-16(17)25(43)34-29)10-35(15-4-2-14(3-5-15)24(42)31-18(27(44)45)7-8-21(38)39)20(37)12-52-11-19(36)33-26-22(40)23(41)28(49-26)50-51(46,47)48/h1-6,9,18,22-23,26,28,40-41H,7-8,10-12H2,(H,31,42)(H,33,36)(H,38,39)(H,44,45)(H2,46,47,48)(H3,30,32,34,43). The number of benzene rings is 2. The Bertz CT molecular complexity index is 1940. The molecule has 0 saturated carbocycles. The lowest BCUT2D eigenvalue weighted by Crippen LogP contribution is -2.44. The molecule has 23 heteroatoms. The third kappa shape index (κ3) is 10.8. The summed E-state index contributed by atoms with van der Waals surface area (Å²) in [6, 6.07) is 8.57. The van der Waals surface area contributed by atoms with E-state index < -0.39 is 80.2 Å². The summed E-state index contributed by atoms with van der Waals surface area (Å²) < 4.78 is 20.3. The fraction of sp³-hybridized carbons (Fsp3) is 0.345. The minimum absolute atomic E-state index is 0.000424. The van der Waals surface area contributed by atoms with Crippen LogP contribution in [-0.4, -0.2) is 112 Å². The monoisotopic (exact) mass is 768 g/mol. The Morgan fingerprint density at radius 2 is 1.75 bits per heavy atom. The molecule has 0 radical (unpaired) electrons. The second kappa shape index (κ2) is 17.1. The average Bonchev–Trinajstić information content (AvgIpc) is 3.31. The van der Waals surface area contributed by atoms with Crippen molar-refractivity contribution in [1.29, 1.82) is 0 Å². The quantitative estimate of drug-likeness (QED) is 0.0737. The molecule has 3 amide bonds. The van der Waals surface area contributed by atoms with Gasteiger partial charge in [-0.1, -0.05) is 6.07 Å². The van der Waals surface area contributed by atoms with Gasteiger partial charge >= 0.3 is 19.8 Å². The number of aliphatic carboxylic acids is 2. The highest BCUT2D eigenvalue weighted by atomic mass is 32.2. The van der Waals surface area contributed by atoms with Gasteiger partial charge in [-0.15, -0.1) is 11.8 Å². The lowest BCUT2D eigenvalue weighted by molar-refractivity contribution is -0.141. The number of amides is 3. The molecule has 3 aromatic rings. The summed E-state index contributed by atoms with van der Waals surface area (Å²) >= 11 is 0.831. The van der Waals surface area contributed by atoms with E-state index >= 15 is 0 Å². The summed E-state index contributed by atoms with van der Waals surface area (Å²) in [5, 5.41) is 42.9. The number of carboxylic acids is 2. The molecule has 1 aliphatic rings. The van der Waals surface area contributed by atoms with Gasteiger partial charge in [0, 0.05) is 17.7 Å². The van der Waals surface area contributed by atoms with E-state index in [2.05, 4.69) is 25.1 Å². The van der Waals surface area contributed by atoms with Crippen molar-refractivity contribution < 1.29 is 68.0 Å². The number of anilines is 2. The fourth-order valence-electron chi connectivity index (χ4n) is 4.86. The molecule has 0 bridgehead atoms. The van der Waals surface area contributed by atoms with E-state index in [9.17, 15) is 48.7 Å². The third-order valence-electron chi connectivity index (χ3n) is 7.34. The number of phosphoric ester groups is 1. The molecule has 1 aromatic heterocycles. The molecule has 21 nitrogen and oxygen atoms in total. The Hall–Kier alpha value is -4.93. The van der Waals surface area contributed by atoms with Crippen molar-refractivity contribution in [3.8, 4) is 0 Å². The van der Waals surface area contributed by atoms with Gasteiger partial charge in [-0.05, 0) is 48.4 Å². The second-order valence-electron chi connectivity index (χ2n) is 11.2. The molecule has 5 atom stereocenters.